The predicted molar refractivity (Wildman–Crippen MR) is 33.7 cm³/mol. The van der Waals surface area contributed by atoms with E-state index < -0.39 is 0 Å². The van der Waals surface area contributed by atoms with E-state index in [1.807, 2.05) is 0 Å². The number of rotatable bonds is 0. The van der Waals surface area contributed by atoms with Crippen LogP contribution in [0, 0.1) is 0 Å². The number of hydrogen-bond acceptors (Lipinski definition) is 3. The van der Waals surface area contributed by atoms with E-state index in [1.54, 1.807) is 26.2 Å². The van der Waals surface area contributed by atoms with Gasteiger partial charge in [-0.25, -0.2) is 0 Å². The Kier molecular flexibility index (Phi) is 4.72. The number of aliphatic hydroxyl groups excluding tert-OH is 1. The molecule has 1 heterocycles. The second kappa shape index (κ2) is 5.24. The van der Waals surface area contributed by atoms with Crippen LogP contribution in [0.25, 0.3) is 0 Å². The fourth-order valence-corrected chi connectivity index (χ4v) is 0.167. The second-order valence-electron chi connectivity index (χ2n) is 1.75. The molecule has 0 fully saturated rings. The van der Waals surface area contributed by atoms with Crippen molar-refractivity contribution >= 4 is 0 Å². The molecular weight excluding hydrogens is 118 g/mol. The Bertz CT molecular complexity index is 95.8. The van der Waals surface area contributed by atoms with Crippen molar-refractivity contribution in [2.24, 2.45) is 0 Å². The van der Waals surface area contributed by atoms with Crippen LogP contribution >= 0.6 is 0 Å². The highest BCUT2D eigenvalue weighted by Gasteiger charge is 1.69. The van der Waals surface area contributed by atoms with Gasteiger partial charge in [0.05, 0.1) is 12.4 Å². The van der Waals surface area contributed by atoms with Crippen LogP contribution in [-0.2, 0) is 0 Å². The highest BCUT2D eigenvalue weighted by molar-refractivity contribution is 4.54. The van der Waals surface area contributed by atoms with Crippen LogP contribution in [0.2, 0.25) is 0 Å². The molecule has 2 N–H and O–H groups in total. The van der Waals surface area contributed by atoms with Crippen LogP contribution in [0.15, 0.2) is 12.4 Å². The van der Waals surface area contributed by atoms with Crippen LogP contribution in [0.4, 0.5) is 0 Å². The predicted octanol–water partition coefficient (Wildman–Crippen LogP) is 0.192. The van der Waals surface area contributed by atoms with E-state index in [-0.39, 0.29) is 6.10 Å². The maximum absolute atomic E-state index is 8.06. The number of H-pyrrole nitrogens is 1. The van der Waals surface area contributed by atoms with Gasteiger partial charge in [0, 0.05) is 6.10 Å². The molecule has 0 aliphatic carbocycles. The topological polar surface area (TPSA) is 61.8 Å². The molecule has 0 aliphatic rings. The molecule has 1 rings (SSSR count). The Morgan fingerprint density at radius 1 is 1.33 bits per heavy atom. The summed E-state index contributed by atoms with van der Waals surface area (Å²) in [6.07, 6.45) is 3.00. The first-order valence-corrected chi connectivity index (χ1v) is 2.71. The molecule has 0 saturated heterocycles. The minimum Gasteiger partial charge on any atom is -0.394 e. The lowest BCUT2D eigenvalue weighted by Crippen LogP contribution is -1.85. The maximum Gasteiger partial charge on any atom is 0.0690 e. The van der Waals surface area contributed by atoms with Crippen molar-refractivity contribution in [1.29, 1.82) is 0 Å². The van der Waals surface area contributed by atoms with Crippen molar-refractivity contribution < 1.29 is 5.11 Å². The van der Waals surface area contributed by atoms with E-state index in [0.29, 0.717) is 0 Å². The quantitative estimate of drug-likeness (QED) is 0.525. The summed E-state index contributed by atoms with van der Waals surface area (Å²) in [7, 11) is 0. The lowest BCUT2D eigenvalue weighted by molar-refractivity contribution is 0.216. The van der Waals surface area contributed by atoms with Crippen molar-refractivity contribution in [2.45, 2.75) is 20.0 Å². The number of aromatic nitrogens is 3. The summed E-state index contributed by atoms with van der Waals surface area (Å²) in [5.74, 6) is 0. The first-order valence-electron chi connectivity index (χ1n) is 2.71. The molecule has 9 heavy (non-hydrogen) atoms. The van der Waals surface area contributed by atoms with Gasteiger partial charge in [0.15, 0.2) is 0 Å². The van der Waals surface area contributed by atoms with Gasteiger partial charge in [0.25, 0.3) is 0 Å². The van der Waals surface area contributed by atoms with Gasteiger partial charge in [-0.1, -0.05) is 0 Å². The Morgan fingerprint density at radius 2 is 1.67 bits per heavy atom. The van der Waals surface area contributed by atoms with Gasteiger partial charge in [0.1, 0.15) is 0 Å². The summed E-state index contributed by atoms with van der Waals surface area (Å²) in [5, 5.41) is 17.4. The number of aromatic amines is 1. The molecular formula is C5H11N3O. The summed E-state index contributed by atoms with van der Waals surface area (Å²) < 4.78 is 0. The number of aliphatic hydroxyl groups is 1. The van der Waals surface area contributed by atoms with Gasteiger partial charge in [-0.05, 0) is 13.8 Å². The zero-order valence-electron chi connectivity index (χ0n) is 5.57. The molecule has 0 saturated carbocycles. The molecule has 4 nitrogen and oxygen atoms in total. The largest absolute Gasteiger partial charge is 0.394 e. The number of nitrogens with one attached hydrogen (secondary N) is 1. The van der Waals surface area contributed by atoms with Crippen LogP contribution in [-0.4, -0.2) is 26.6 Å². The van der Waals surface area contributed by atoms with Gasteiger partial charge in [-0.2, -0.15) is 15.4 Å². The molecule has 0 amide bonds. The van der Waals surface area contributed by atoms with E-state index in [1.165, 1.54) is 0 Å². The number of nitrogens with zero attached hydrogens (tertiary/aromatic N) is 2. The van der Waals surface area contributed by atoms with Gasteiger partial charge >= 0.3 is 0 Å². The fraction of sp³-hybridized carbons (Fsp3) is 0.600. The van der Waals surface area contributed by atoms with Gasteiger partial charge in [-0.15, -0.1) is 0 Å². The average Bonchev–Trinajstić information content (AvgIpc) is 2.11. The first kappa shape index (κ1) is 8.10. The van der Waals surface area contributed by atoms with E-state index in [9.17, 15) is 0 Å². The molecule has 0 atom stereocenters. The van der Waals surface area contributed by atoms with Crippen molar-refractivity contribution in [3.63, 3.8) is 0 Å². The fourth-order valence-electron chi connectivity index (χ4n) is 0.167. The summed E-state index contributed by atoms with van der Waals surface area (Å²) in [5.41, 5.74) is 0. The minimum absolute atomic E-state index is 0.167. The minimum atomic E-state index is -0.167. The van der Waals surface area contributed by atoms with Crippen LogP contribution in [0.5, 0.6) is 0 Å². The summed E-state index contributed by atoms with van der Waals surface area (Å²) in [6, 6.07) is 0. The van der Waals surface area contributed by atoms with Crippen LogP contribution in [0.3, 0.4) is 0 Å². The summed E-state index contributed by atoms with van der Waals surface area (Å²) in [6.45, 7) is 3.44. The lowest BCUT2D eigenvalue weighted by Gasteiger charge is -1.80. The van der Waals surface area contributed by atoms with E-state index in [0.717, 1.165) is 0 Å². The van der Waals surface area contributed by atoms with Crippen molar-refractivity contribution in [2.75, 3.05) is 0 Å². The Labute approximate surface area is 53.9 Å². The third-order valence-corrected chi connectivity index (χ3v) is 0.331. The smallest absolute Gasteiger partial charge is 0.0690 e. The Hall–Kier alpha value is -0.900. The third kappa shape index (κ3) is 11.0. The third-order valence-electron chi connectivity index (χ3n) is 0.331. The monoisotopic (exact) mass is 129 g/mol. The molecule has 52 valence electrons. The molecule has 1 aromatic rings. The SMILES string of the molecule is CC(C)O.c1cn[nH]n1. The van der Waals surface area contributed by atoms with Crippen LogP contribution in [0.1, 0.15) is 13.8 Å². The molecule has 0 aliphatic heterocycles. The number of hydrogen-bond donors (Lipinski definition) is 2. The second-order valence-corrected chi connectivity index (χ2v) is 1.75. The molecule has 0 radical (unpaired) electrons. The summed E-state index contributed by atoms with van der Waals surface area (Å²) >= 11 is 0. The Balaban J connectivity index is 0.000000148. The van der Waals surface area contributed by atoms with Gasteiger partial charge < -0.3 is 5.11 Å². The zero-order valence-corrected chi connectivity index (χ0v) is 5.57. The average molecular weight is 129 g/mol. The van der Waals surface area contributed by atoms with Gasteiger partial charge in [0.2, 0.25) is 0 Å². The normalized spacial score (nSPS) is 8.44. The van der Waals surface area contributed by atoms with Crippen LogP contribution < -0.4 is 0 Å². The Morgan fingerprint density at radius 3 is 1.78 bits per heavy atom. The zero-order chi connectivity index (χ0) is 7.11. The maximum atomic E-state index is 8.06. The van der Waals surface area contributed by atoms with E-state index in [4.69, 9.17) is 5.11 Å². The van der Waals surface area contributed by atoms with E-state index >= 15 is 0 Å². The molecule has 4 heteroatoms. The van der Waals surface area contributed by atoms with E-state index in [2.05, 4.69) is 15.4 Å². The highest BCUT2D eigenvalue weighted by atomic mass is 16.3. The van der Waals surface area contributed by atoms with Gasteiger partial charge in [-0.3, -0.25) is 0 Å². The molecule has 0 aromatic carbocycles. The van der Waals surface area contributed by atoms with Crippen molar-refractivity contribution in [3.8, 4) is 0 Å². The molecule has 1 aromatic heterocycles. The molecule has 0 bridgehead atoms. The standard InChI is InChI=1S/C3H8O.C2H3N3/c1-3(2)4;1-2-4-5-3-1/h3-4H,1-2H3;1-2H,(H,3,4,5). The van der Waals surface area contributed by atoms with Crippen molar-refractivity contribution in [1.82, 2.24) is 15.4 Å². The van der Waals surface area contributed by atoms with Crippen molar-refractivity contribution in [3.05, 3.63) is 12.4 Å². The lowest BCUT2D eigenvalue weighted by atomic mass is 10.5. The highest BCUT2D eigenvalue weighted by Crippen LogP contribution is 1.65. The summed E-state index contributed by atoms with van der Waals surface area (Å²) in [4.78, 5) is 0. The first-order chi connectivity index (χ1) is 4.23. The molecule has 0 unspecified atom stereocenters. The molecule has 0 spiro atoms.